The zero-order chi connectivity index (χ0) is 14.0. The molecule has 5 heteroatoms. The quantitative estimate of drug-likeness (QED) is 0.784. The molecule has 0 amide bonds. The monoisotopic (exact) mass is 290 g/mol. The van der Waals surface area contributed by atoms with Crippen LogP contribution in [0.3, 0.4) is 0 Å². The second-order valence-corrected chi connectivity index (χ2v) is 4.77. The van der Waals surface area contributed by atoms with Crippen molar-refractivity contribution < 1.29 is 4.79 Å². The third kappa shape index (κ3) is 2.60. The van der Waals surface area contributed by atoms with Crippen molar-refractivity contribution in [3.8, 4) is 17.3 Å². The van der Waals surface area contributed by atoms with E-state index in [1.807, 2.05) is 6.07 Å². The topological polar surface area (TPSA) is 53.8 Å². The summed E-state index contributed by atoms with van der Waals surface area (Å²) in [4.78, 5) is 15.3. The van der Waals surface area contributed by atoms with E-state index >= 15 is 0 Å². The van der Waals surface area contributed by atoms with Crippen LogP contribution in [0.4, 0.5) is 0 Å². The third-order valence-electron chi connectivity index (χ3n) is 2.60. The van der Waals surface area contributed by atoms with E-state index in [1.165, 1.54) is 0 Å². The lowest BCUT2D eigenvalue weighted by Crippen LogP contribution is -1.98. The molecule has 0 spiro atoms. The lowest BCUT2D eigenvalue weighted by atomic mass is 10.0. The van der Waals surface area contributed by atoms with Crippen molar-refractivity contribution in [3.05, 3.63) is 51.1 Å². The largest absolute Gasteiger partial charge is 0.298 e. The molecule has 0 unspecified atom stereocenters. The van der Waals surface area contributed by atoms with Crippen LogP contribution in [0.15, 0.2) is 24.3 Å². The minimum atomic E-state index is 0.213. The minimum Gasteiger partial charge on any atom is -0.298 e. The fraction of sp³-hybridized carbons (Fsp3) is 0.0714. The van der Waals surface area contributed by atoms with Gasteiger partial charge in [-0.05, 0) is 31.2 Å². The fourth-order valence-electron chi connectivity index (χ4n) is 1.79. The normalized spacial score (nSPS) is 10.0. The zero-order valence-corrected chi connectivity index (χ0v) is 11.5. The Morgan fingerprint density at radius 1 is 1.32 bits per heavy atom. The number of benzene rings is 1. The second-order valence-electron chi connectivity index (χ2n) is 3.93. The van der Waals surface area contributed by atoms with Crippen LogP contribution >= 0.6 is 23.2 Å². The molecule has 0 fully saturated rings. The van der Waals surface area contributed by atoms with Gasteiger partial charge in [-0.1, -0.05) is 23.2 Å². The molecular formula is C14H8Cl2N2O. The molecule has 0 aliphatic heterocycles. The van der Waals surface area contributed by atoms with Gasteiger partial charge in [-0.2, -0.15) is 5.26 Å². The molecule has 0 aliphatic carbocycles. The molecule has 0 radical (unpaired) electrons. The van der Waals surface area contributed by atoms with Gasteiger partial charge in [0.05, 0.1) is 16.3 Å². The van der Waals surface area contributed by atoms with Gasteiger partial charge < -0.3 is 0 Å². The summed E-state index contributed by atoms with van der Waals surface area (Å²) in [6.07, 6.45) is 0.639. The van der Waals surface area contributed by atoms with Gasteiger partial charge in [0.2, 0.25) is 0 Å². The Hall–Kier alpha value is -1.89. The number of aryl methyl sites for hydroxylation is 1. The first-order chi connectivity index (χ1) is 9.06. The molecule has 0 bridgehead atoms. The number of aldehydes is 1. The van der Waals surface area contributed by atoms with Crippen molar-refractivity contribution in [1.29, 1.82) is 5.26 Å². The van der Waals surface area contributed by atoms with Crippen LogP contribution in [-0.2, 0) is 0 Å². The van der Waals surface area contributed by atoms with E-state index in [9.17, 15) is 10.1 Å². The number of nitriles is 1. The summed E-state index contributed by atoms with van der Waals surface area (Å²) >= 11 is 12.0. The van der Waals surface area contributed by atoms with Gasteiger partial charge in [-0.25, -0.2) is 0 Å². The average molecular weight is 291 g/mol. The molecule has 19 heavy (non-hydrogen) atoms. The molecule has 0 aliphatic rings. The molecule has 2 aromatic rings. The smallest absolute Gasteiger partial charge is 0.151 e. The Bertz CT molecular complexity index is 705. The molecule has 0 saturated heterocycles. The number of carbonyl (C=O) groups is 1. The van der Waals surface area contributed by atoms with E-state index in [2.05, 4.69) is 4.98 Å². The maximum atomic E-state index is 11.0. The summed E-state index contributed by atoms with van der Waals surface area (Å²) < 4.78 is 0. The van der Waals surface area contributed by atoms with Gasteiger partial charge in [0.1, 0.15) is 6.07 Å². The van der Waals surface area contributed by atoms with Gasteiger partial charge in [0.25, 0.3) is 0 Å². The molecular weight excluding hydrogens is 283 g/mol. The standard InChI is InChI=1S/C14H8Cl2N2O/c1-8-4-9(7-19)12(6-17)14(18-8)11-3-2-10(15)5-13(11)16/h2-5,7H,1H3. The predicted octanol–water partition coefficient (Wildman–Crippen LogP) is 4.05. The first-order valence-corrected chi connectivity index (χ1v) is 6.14. The lowest BCUT2D eigenvalue weighted by Gasteiger charge is -2.09. The molecule has 1 aromatic heterocycles. The highest BCUT2D eigenvalue weighted by Crippen LogP contribution is 2.32. The number of hydrogen-bond donors (Lipinski definition) is 0. The molecule has 3 nitrogen and oxygen atoms in total. The maximum Gasteiger partial charge on any atom is 0.151 e. The first kappa shape index (κ1) is 13.5. The van der Waals surface area contributed by atoms with Crippen molar-refractivity contribution in [2.24, 2.45) is 0 Å². The molecule has 2 rings (SSSR count). The van der Waals surface area contributed by atoms with Gasteiger partial charge in [0, 0.05) is 21.8 Å². The predicted molar refractivity (Wildman–Crippen MR) is 74.5 cm³/mol. The van der Waals surface area contributed by atoms with Crippen molar-refractivity contribution in [1.82, 2.24) is 4.98 Å². The van der Waals surface area contributed by atoms with Crippen molar-refractivity contribution in [3.63, 3.8) is 0 Å². The first-order valence-electron chi connectivity index (χ1n) is 5.39. The van der Waals surface area contributed by atoms with Crippen molar-refractivity contribution in [2.75, 3.05) is 0 Å². The van der Waals surface area contributed by atoms with Crippen LogP contribution in [0.5, 0.6) is 0 Å². The minimum absolute atomic E-state index is 0.213. The van der Waals surface area contributed by atoms with Crippen molar-refractivity contribution >= 4 is 29.5 Å². The number of aromatic nitrogens is 1. The molecule has 1 aromatic carbocycles. The second kappa shape index (κ2) is 5.40. The van der Waals surface area contributed by atoms with E-state index in [0.717, 1.165) is 0 Å². The summed E-state index contributed by atoms with van der Waals surface area (Å²) in [5.74, 6) is 0. The summed E-state index contributed by atoms with van der Waals surface area (Å²) in [5, 5.41) is 10.1. The number of nitrogens with zero attached hydrogens (tertiary/aromatic N) is 2. The van der Waals surface area contributed by atoms with Gasteiger partial charge in [-0.15, -0.1) is 0 Å². The Morgan fingerprint density at radius 2 is 2.05 bits per heavy atom. The van der Waals surface area contributed by atoms with Crippen LogP contribution < -0.4 is 0 Å². The highest BCUT2D eigenvalue weighted by Gasteiger charge is 2.15. The van der Waals surface area contributed by atoms with Crippen LogP contribution in [0, 0.1) is 18.3 Å². The Kier molecular flexibility index (Phi) is 3.84. The highest BCUT2D eigenvalue weighted by atomic mass is 35.5. The number of hydrogen-bond acceptors (Lipinski definition) is 3. The highest BCUT2D eigenvalue weighted by molar-refractivity contribution is 6.36. The van der Waals surface area contributed by atoms with E-state index in [-0.39, 0.29) is 5.56 Å². The molecule has 1 heterocycles. The summed E-state index contributed by atoms with van der Waals surface area (Å²) in [7, 11) is 0. The van der Waals surface area contributed by atoms with E-state index in [1.54, 1.807) is 31.2 Å². The number of carbonyl (C=O) groups excluding carboxylic acids is 1. The fourth-order valence-corrected chi connectivity index (χ4v) is 2.28. The third-order valence-corrected chi connectivity index (χ3v) is 3.15. The number of halogens is 2. The summed E-state index contributed by atoms with van der Waals surface area (Å²) in [5.41, 5.74) is 2.13. The molecule has 0 N–H and O–H groups in total. The van der Waals surface area contributed by atoms with E-state index in [4.69, 9.17) is 23.2 Å². The van der Waals surface area contributed by atoms with E-state index < -0.39 is 0 Å². The number of pyridine rings is 1. The average Bonchev–Trinajstić information content (AvgIpc) is 2.37. The summed E-state index contributed by atoms with van der Waals surface area (Å²) in [6, 6.07) is 8.48. The Balaban J connectivity index is 2.78. The zero-order valence-electron chi connectivity index (χ0n) is 9.95. The van der Waals surface area contributed by atoms with E-state index in [0.29, 0.717) is 38.8 Å². The van der Waals surface area contributed by atoms with Crippen LogP contribution in [0.25, 0.3) is 11.3 Å². The van der Waals surface area contributed by atoms with Gasteiger partial charge in [-0.3, -0.25) is 9.78 Å². The molecule has 0 atom stereocenters. The SMILES string of the molecule is Cc1cc(C=O)c(C#N)c(-c2ccc(Cl)cc2Cl)n1. The Morgan fingerprint density at radius 3 is 2.63 bits per heavy atom. The van der Waals surface area contributed by atoms with Crippen LogP contribution in [0.1, 0.15) is 21.6 Å². The van der Waals surface area contributed by atoms with Crippen LogP contribution in [0.2, 0.25) is 10.0 Å². The Labute approximate surface area is 120 Å². The molecule has 94 valence electrons. The van der Waals surface area contributed by atoms with Gasteiger partial charge in [0.15, 0.2) is 6.29 Å². The molecule has 0 saturated carbocycles. The number of rotatable bonds is 2. The maximum absolute atomic E-state index is 11.0. The van der Waals surface area contributed by atoms with Crippen LogP contribution in [-0.4, -0.2) is 11.3 Å². The summed E-state index contributed by atoms with van der Waals surface area (Å²) in [6.45, 7) is 1.75. The van der Waals surface area contributed by atoms with Gasteiger partial charge >= 0.3 is 0 Å². The van der Waals surface area contributed by atoms with Crippen molar-refractivity contribution in [2.45, 2.75) is 6.92 Å². The lowest BCUT2D eigenvalue weighted by molar-refractivity contribution is 0.112.